The average molecular weight is 445 g/mol. The van der Waals surface area contributed by atoms with Gasteiger partial charge in [0.2, 0.25) is 0 Å². The van der Waals surface area contributed by atoms with E-state index in [9.17, 15) is 0 Å². The first kappa shape index (κ1) is 23.9. The standard InChI is InChI=1S/C12H24N2S6Si2/c1-13(2)11(15-7-5-9-21)17-19-20-18-12(14(3)4)16-8-6-10-22/h5-10H2,1-4H3/q+2. The topological polar surface area (TPSA) is 6.02 Å². The average Bonchev–Trinajstić information content (AvgIpc) is 2.47. The van der Waals surface area contributed by atoms with E-state index in [1.807, 2.05) is 64.8 Å². The first-order valence-corrected chi connectivity index (χ1v) is 15.0. The molecule has 124 valence electrons. The molecule has 0 bridgehead atoms. The number of hydrogen-bond acceptors (Lipinski definition) is 6. The Bertz CT molecular complexity index is 324. The van der Waals surface area contributed by atoms with Crippen LogP contribution in [-0.4, -0.2) is 78.1 Å². The maximum Gasteiger partial charge on any atom is 0.281 e. The van der Waals surface area contributed by atoms with E-state index in [0.717, 1.165) is 12.1 Å². The van der Waals surface area contributed by atoms with Crippen molar-refractivity contribution >= 4 is 94.0 Å². The summed E-state index contributed by atoms with van der Waals surface area (Å²) in [6, 6.07) is 2.14. The van der Waals surface area contributed by atoms with Gasteiger partial charge in [0.05, 0.1) is 0 Å². The van der Waals surface area contributed by atoms with Crippen LogP contribution in [0, 0.1) is 0 Å². The van der Waals surface area contributed by atoms with E-state index in [0.29, 0.717) is 0 Å². The fourth-order valence-corrected chi connectivity index (χ4v) is 11.5. The first-order valence-electron chi connectivity index (χ1n) is 6.84. The van der Waals surface area contributed by atoms with Crippen molar-refractivity contribution in [3.8, 4) is 0 Å². The zero-order valence-electron chi connectivity index (χ0n) is 13.6. The van der Waals surface area contributed by atoms with Crippen molar-refractivity contribution in [3.63, 3.8) is 0 Å². The van der Waals surface area contributed by atoms with Crippen molar-refractivity contribution in [2.45, 2.75) is 24.9 Å². The minimum Gasteiger partial charge on any atom is -0.223 e. The third kappa shape index (κ3) is 13.2. The van der Waals surface area contributed by atoms with Crippen LogP contribution in [0.4, 0.5) is 0 Å². The van der Waals surface area contributed by atoms with Crippen LogP contribution in [-0.2, 0) is 0 Å². The Balaban J connectivity index is 4.10. The summed E-state index contributed by atoms with van der Waals surface area (Å²) in [4.78, 5) is 0. The summed E-state index contributed by atoms with van der Waals surface area (Å²) in [7, 11) is 23.0. The van der Waals surface area contributed by atoms with E-state index in [1.165, 1.54) is 33.1 Å². The molecule has 0 saturated carbocycles. The zero-order valence-corrected chi connectivity index (χ0v) is 20.5. The predicted molar refractivity (Wildman–Crippen MR) is 120 cm³/mol. The number of rotatable bonds is 9. The van der Waals surface area contributed by atoms with Gasteiger partial charge in [-0.15, -0.1) is 0 Å². The molecule has 0 rings (SSSR count). The van der Waals surface area contributed by atoms with Crippen LogP contribution >= 0.6 is 64.8 Å². The maximum atomic E-state index is 3.53. The Kier molecular flexibility index (Phi) is 17.7. The summed E-state index contributed by atoms with van der Waals surface area (Å²) in [5.74, 6) is 2.33. The Hall–Kier alpha value is 1.87. The van der Waals surface area contributed by atoms with Gasteiger partial charge in [-0.05, 0) is 56.0 Å². The van der Waals surface area contributed by atoms with E-state index in [2.05, 4.69) is 57.8 Å². The van der Waals surface area contributed by atoms with Gasteiger partial charge in [0.1, 0.15) is 28.2 Å². The van der Waals surface area contributed by atoms with Gasteiger partial charge in [-0.2, -0.15) is 0 Å². The molecule has 0 unspecified atom stereocenters. The fourth-order valence-electron chi connectivity index (χ4n) is 1.00. The van der Waals surface area contributed by atoms with E-state index in [-0.39, 0.29) is 0 Å². The zero-order chi connectivity index (χ0) is 16.8. The largest absolute Gasteiger partial charge is 0.281 e. The van der Waals surface area contributed by atoms with Crippen LogP contribution in [0.15, 0.2) is 0 Å². The summed E-state index contributed by atoms with van der Waals surface area (Å²) >= 11 is 3.88. The van der Waals surface area contributed by atoms with Crippen LogP contribution in [0.25, 0.3) is 0 Å². The third-order valence-electron chi connectivity index (χ3n) is 2.06. The van der Waals surface area contributed by atoms with Crippen LogP contribution in [0.2, 0.25) is 12.1 Å². The van der Waals surface area contributed by atoms with Crippen molar-refractivity contribution in [3.05, 3.63) is 0 Å². The molecule has 0 heterocycles. The highest BCUT2D eigenvalue weighted by molar-refractivity contribution is 9.30. The lowest BCUT2D eigenvalue weighted by molar-refractivity contribution is -0.458. The van der Waals surface area contributed by atoms with Gasteiger partial charge in [0, 0.05) is 53.6 Å². The molecule has 10 heteroatoms. The smallest absolute Gasteiger partial charge is 0.223 e. The molecule has 6 radical (unpaired) electrons. The Morgan fingerprint density at radius 1 is 0.727 bits per heavy atom. The molecule has 0 aliphatic rings. The monoisotopic (exact) mass is 444 g/mol. The highest BCUT2D eigenvalue weighted by atomic mass is 33.7. The quantitative estimate of drug-likeness (QED) is 0.129. The fraction of sp³-hybridized carbons (Fsp3) is 0.833. The SMILES string of the molecule is C[N+](C)=C(SCCC[Si])SSSSC(SCCC[Si])=[N+](C)C. The van der Waals surface area contributed by atoms with Crippen molar-refractivity contribution in [2.75, 3.05) is 39.7 Å². The highest BCUT2D eigenvalue weighted by Gasteiger charge is 2.14. The lowest BCUT2D eigenvalue weighted by Gasteiger charge is -2.03. The lowest BCUT2D eigenvalue weighted by Crippen LogP contribution is -2.06. The van der Waals surface area contributed by atoms with E-state index >= 15 is 0 Å². The minimum atomic E-state index is 1.07. The molecule has 0 N–H and O–H groups in total. The predicted octanol–water partition coefficient (Wildman–Crippen LogP) is 4.34. The second-order valence-corrected chi connectivity index (χ2v) is 13.9. The maximum absolute atomic E-state index is 3.53. The van der Waals surface area contributed by atoms with Gasteiger partial charge in [0.15, 0.2) is 0 Å². The minimum absolute atomic E-state index is 1.07. The summed E-state index contributed by atoms with van der Waals surface area (Å²) in [5.41, 5.74) is 0. The van der Waals surface area contributed by atoms with Crippen molar-refractivity contribution in [2.24, 2.45) is 0 Å². The summed E-state index contributed by atoms with van der Waals surface area (Å²) in [6.45, 7) is 0. The molecule has 0 spiro atoms. The van der Waals surface area contributed by atoms with E-state index in [1.54, 1.807) is 0 Å². The van der Waals surface area contributed by atoms with Gasteiger partial charge < -0.3 is 0 Å². The molecule has 0 amide bonds. The van der Waals surface area contributed by atoms with Gasteiger partial charge in [-0.1, -0.05) is 12.1 Å². The molecule has 0 aromatic carbocycles. The molecule has 0 aromatic heterocycles. The summed E-state index contributed by atoms with van der Waals surface area (Å²) in [5, 5.41) is 0. The molecular weight excluding hydrogens is 421 g/mol. The number of thioether (sulfide) groups is 2. The highest BCUT2D eigenvalue weighted by Crippen LogP contribution is 2.47. The third-order valence-corrected chi connectivity index (χ3v) is 12.8. The van der Waals surface area contributed by atoms with E-state index in [4.69, 9.17) is 0 Å². The molecule has 0 atom stereocenters. The van der Waals surface area contributed by atoms with Crippen LogP contribution in [0.3, 0.4) is 0 Å². The van der Waals surface area contributed by atoms with Gasteiger partial charge in [-0.25, -0.2) is 9.15 Å². The Labute approximate surface area is 166 Å². The van der Waals surface area contributed by atoms with Crippen molar-refractivity contribution in [1.29, 1.82) is 0 Å². The van der Waals surface area contributed by atoms with Crippen molar-refractivity contribution in [1.82, 2.24) is 0 Å². The molecule has 0 aliphatic heterocycles. The Morgan fingerprint density at radius 2 is 1.09 bits per heavy atom. The van der Waals surface area contributed by atoms with Gasteiger partial charge in [0.25, 0.3) is 8.75 Å². The van der Waals surface area contributed by atoms with Crippen LogP contribution in [0.5, 0.6) is 0 Å². The number of hydrogen-bond donors (Lipinski definition) is 0. The number of nitrogens with zero attached hydrogens (tertiary/aromatic N) is 2. The molecule has 0 fully saturated rings. The normalized spacial score (nSPS) is 10.6. The van der Waals surface area contributed by atoms with Crippen LogP contribution in [0.1, 0.15) is 12.8 Å². The Morgan fingerprint density at radius 3 is 1.36 bits per heavy atom. The molecular formula is C12H24N2S6Si2+2. The van der Waals surface area contributed by atoms with E-state index < -0.39 is 0 Å². The van der Waals surface area contributed by atoms with Gasteiger partial charge >= 0.3 is 0 Å². The molecule has 0 saturated heterocycles. The van der Waals surface area contributed by atoms with Crippen molar-refractivity contribution < 1.29 is 9.15 Å². The first-order chi connectivity index (χ1) is 10.5. The second kappa shape index (κ2) is 16.3. The molecule has 0 aromatic rings. The second-order valence-electron chi connectivity index (χ2n) is 4.53. The molecule has 22 heavy (non-hydrogen) atoms. The van der Waals surface area contributed by atoms with Crippen LogP contribution < -0.4 is 0 Å². The lowest BCUT2D eigenvalue weighted by atomic mass is 10.6. The molecule has 2 nitrogen and oxygen atoms in total. The summed E-state index contributed by atoms with van der Waals surface area (Å²) < 4.78 is 7.16. The molecule has 0 aliphatic carbocycles. The summed E-state index contributed by atoms with van der Waals surface area (Å²) in [6.07, 6.45) is 2.41. The van der Waals surface area contributed by atoms with Gasteiger partial charge in [-0.3, -0.25) is 0 Å².